The average molecular weight is 381 g/mol. The highest BCUT2D eigenvalue weighted by molar-refractivity contribution is 5.94. The first-order valence-electron chi connectivity index (χ1n) is 9.63. The number of rotatable bonds is 4. The summed E-state index contributed by atoms with van der Waals surface area (Å²) in [6, 6.07) is 10.4. The van der Waals surface area contributed by atoms with E-state index in [0.29, 0.717) is 17.2 Å². The molecule has 0 spiro atoms. The Hall–Kier alpha value is -2.80. The van der Waals surface area contributed by atoms with Gasteiger partial charge in [0.05, 0.1) is 6.04 Å². The van der Waals surface area contributed by atoms with Gasteiger partial charge in [-0.15, -0.1) is 10.2 Å². The second kappa shape index (κ2) is 7.67. The predicted octanol–water partition coefficient (Wildman–Crippen LogP) is 3.38. The van der Waals surface area contributed by atoms with Crippen molar-refractivity contribution in [3.05, 3.63) is 59.8 Å². The van der Waals surface area contributed by atoms with Crippen LogP contribution in [0.15, 0.2) is 42.6 Å². The third kappa shape index (κ3) is 3.62. The molecule has 0 aliphatic carbocycles. The van der Waals surface area contributed by atoms with E-state index in [9.17, 15) is 9.18 Å². The number of carbonyl (C=O) groups is 1. The molecule has 6 nitrogen and oxygen atoms in total. The van der Waals surface area contributed by atoms with Crippen LogP contribution in [0.5, 0.6) is 0 Å². The van der Waals surface area contributed by atoms with Crippen LogP contribution in [0, 0.1) is 12.7 Å². The van der Waals surface area contributed by atoms with Gasteiger partial charge in [0.1, 0.15) is 11.6 Å². The van der Waals surface area contributed by atoms with E-state index in [-0.39, 0.29) is 17.8 Å². The molecule has 146 valence electrons. The van der Waals surface area contributed by atoms with Crippen LogP contribution < -0.4 is 5.32 Å². The molecule has 28 heavy (non-hydrogen) atoms. The van der Waals surface area contributed by atoms with Gasteiger partial charge in [-0.2, -0.15) is 0 Å². The minimum Gasteiger partial charge on any atom is -0.325 e. The molecule has 1 fully saturated rings. The summed E-state index contributed by atoms with van der Waals surface area (Å²) in [6.07, 6.45) is 3.84. The fourth-order valence-corrected chi connectivity index (χ4v) is 3.77. The average Bonchev–Trinajstić information content (AvgIpc) is 3.14. The summed E-state index contributed by atoms with van der Waals surface area (Å²) < 4.78 is 15.7. The molecule has 1 atom stereocenters. The normalized spacial score (nSPS) is 17.0. The number of fused-ring (bicyclic) bond motifs is 1. The van der Waals surface area contributed by atoms with Gasteiger partial charge in [-0.3, -0.25) is 14.1 Å². The number of hydrogen-bond donors (Lipinski definition) is 1. The highest BCUT2D eigenvalue weighted by Crippen LogP contribution is 2.28. The minimum absolute atomic E-state index is 0.116. The maximum absolute atomic E-state index is 13.7. The van der Waals surface area contributed by atoms with Crippen molar-refractivity contribution in [2.45, 2.75) is 38.6 Å². The molecule has 3 heterocycles. The molecular weight excluding hydrogens is 357 g/mol. The van der Waals surface area contributed by atoms with E-state index in [1.807, 2.05) is 35.7 Å². The van der Waals surface area contributed by atoms with Crippen LogP contribution in [-0.4, -0.2) is 44.5 Å². The van der Waals surface area contributed by atoms with Gasteiger partial charge in [-0.1, -0.05) is 12.1 Å². The number of anilines is 1. The summed E-state index contributed by atoms with van der Waals surface area (Å²) in [7, 11) is 0. The number of amides is 1. The molecule has 7 heteroatoms. The number of carbonyl (C=O) groups excluding carboxylic acids is 1. The molecule has 0 radical (unpaired) electrons. The van der Waals surface area contributed by atoms with E-state index in [0.717, 1.165) is 37.4 Å². The quantitative estimate of drug-likeness (QED) is 0.753. The molecular formula is C21H24FN5O. The van der Waals surface area contributed by atoms with Crippen molar-refractivity contribution >= 4 is 17.2 Å². The monoisotopic (exact) mass is 381 g/mol. The van der Waals surface area contributed by atoms with Crippen molar-refractivity contribution in [3.8, 4) is 0 Å². The number of aromatic nitrogens is 3. The van der Waals surface area contributed by atoms with Crippen molar-refractivity contribution in [2.24, 2.45) is 0 Å². The number of benzene rings is 1. The Bertz CT molecular complexity index is 993. The Morgan fingerprint density at radius 1 is 1.21 bits per heavy atom. The molecule has 1 N–H and O–H groups in total. The molecule has 3 aromatic rings. The first-order valence-corrected chi connectivity index (χ1v) is 9.63. The van der Waals surface area contributed by atoms with Crippen LogP contribution in [0.1, 0.15) is 37.1 Å². The first kappa shape index (κ1) is 18.6. The van der Waals surface area contributed by atoms with Crippen molar-refractivity contribution in [1.82, 2.24) is 19.5 Å². The van der Waals surface area contributed by atoms with Gasteiger partial charge in [0.25, 0.3) is 0 Å². The maximum Gasteiger partial charge on any atom is 0.241 e. The molecule has 1 amide bonds. The topological polar surface area (TPSA) is 62.5 Å². The fourth-order valence-electron chi connectivity index (χ4n) is 3.77. The number of hydrogen-bond acceptors (Lipinski definition) is 4. The number of halogens is 1. The van der Waals surface area contributed by atoms with Crippen LogP contribution in [0.25, 0.3) is 5.65 Å². The van der Waals surface area contributed by atoms with Crippen molar-refractivity contribution < 1.29 is 9.18 Å². The van der Waals surface area contributed by atoms with Crippen LogP contribution in [0.4, 0.5) is 10.1 Å². The van der Waals surface area contributed by atoms with E-state index < -0.39 is 0 Å². The Morgan fingerprint density at radius 2 is 2.00 bits per heavy atom. The van der Waals surface area contributed by atoms with Crippen LogP contribution in [-0.2, 0) is 4.79 Å². The van der Waals surface area contributed by atoms with Gasteiger partial charge in [0.2, 0.25) is 5.91 Å². The molecule has 1 aliphatic heterocycles. The van der Waals surface area contributed by atoms with Gasteiger partial charge >= 0.3 is 0 Å². The van der Waals surface area contributed by atoms with E-state index >= 15 is 0 Å². The number of aryl methyl sites for hydroxylation is 1. The Balaban J connectivity index is 1.37. The number of piperidine rings is 1. The smallest absolute Gasteiger partial charge is 0.241 e. The molecule has 1 unspecified atom stereocenters. The highest BCUT2D eigenvalue weighted by Gasteiger charge is 2.29. The summed E-state index contributed by atoms with van der Waals surface area (Å²) in [5.41, 5.74) is 1.91. The summed E-state index contributed by atoms with van der Waals surface area (Å²) in [5, 5.41) is 11.4. The molecule has 1 saturated heterocycles. The zero-order chi connectivity index (χ0) is 19.7. The van der Waals surface area contributed by atoms with Crippen molar-refractivity contribution in [2.75, 3.05) is 18.4 Å². The Labute approximate surface area is 163 Å². The standard InChI is InChI=1S/C21H24FN5O/c1-14-6-7-17(13-18(14)22)23-21(28)15(2)26-11-8-16(9-12-26)20-25-24-19-5-3-4-10-27(19)20/h3-7,10,13,15-16H,8-9,11-12H2,1-2H3,(H,23,28). The summed E-state index contributed by atoms with van der Waals surface area (Å²) >= 11 is 0. The maximum atomic E-state index is 13.7. The van der Waals surface area contributed by atoms with Crippen LogP contribution in [0.3, 0.4) is 0 Å². The number of pyridine rings is 1. The van der Waals surface area contributed by atoms with Crippen LogP contribution >= 0.6 is 0 Å². The van der Waals surface area contributed by atoms with Crippen LogP contribution in [0.2, 0.25) is 0 Å². The van der Waals surface area contributed by atoms with Gasteiger partial charge < -0.3 is 5.32 Å². The number of likely N-dealkylation sites (tertiary alicyclic amines) is 1. The largest absolute Gasteiger partial charge is 0.325 e. The van der Waals surface area contributed by atoms with Gasteiger partial charge in [-0.05, 0) is 69.6 Å². The van der Waals surface area contributed by atoms with Crippen molar-refractivity contribution in [1.29, 1.82) is 0 Å². The fraction of sp³-hybridized carbons (Fsp3) is 0.381. The third-order valence-electron chi connectivity index (χ3n) is 5.60. The van der Waals surface area contributed by atoms with Gasteiger partial charge in [0, 0.05) is 17.8 Å². The zero-order valence-corrected chi connectivity index (χ0v) is 16.1. The Morgan fingerprint density at radius 3 is 2.75 bits per heavy atom. The number of nitrogens with one attached hydrogen (secondary N) is 1. The van der Waals surface area contributed by atoms with Gasteiger partial charge in [-0.25, -0.2) is 4.39 Å². The second-order valence-electron chi connectivity index (χ2n) is 7.43. The molecule has 1 aromatic carbocycles. The van der Waals surface area contributed by atoms with E-state index in [4.69, 9.17) is 0 Å². The lowest BCUT2D eigenvalue weighted by Crippen LogP contribution is -2.45. The summed E-state index contributed by atoms with van der Waals surface area (Å²) in [5.74, 6) is 0.888. The summed E-state index contributed by atoms with van der Waals surface area (Å²) in [6.45, 7) is 5.21. The molecule has 2 aromatic heterocycles. The lowest BCUT2D eigenvalue weighted by atomic mass is 9.95. The predicted molar refractivity (Wildman–Crippen MR) is 106 cm³/mol. The van der Waals surface area contributed by atoms with E-state index in [2.05, 4.69) is 20.4 Å². The minimum atomic E-state index is -0.313. The highest BCUT2D eigenvalue weighted by atomic mass is 19.1. The third-order valence-corrected chi connectivity index (χ3v) is 5.60. The summed E-state index contributed by atoms with van der Waals surface area (Å²) in [4.78, 5) is 14.8. The van der Waals surface area contributed by atoms with Gasteiger partial charge in [0.15, 0.2) is 5.65 Å². The zero-order valence-electron chi connectivity index (χ0n) is 16.1. The Kier molecular flexibility index (Phi) is 5.09. The van der Waals surface area contributed by atoms with Crippen molar-refractivity contribution in [3.63, 3.8) is 0 Å². The van der Waals surface area contributed by atoms with E-state index in [1.165, 1.54) is 6.07 Å². The lowest BCUT2D eigenvalue weighted by molar-refractivity contribution is -0.121. The lowest BCUT2D eigenvalue weighted by Gasteiger charge is -2.34. The molecule has 0 saturated carbocycles. The number of nitrogens with zero attached hydrogens (tertiary/aromatic N) is 4. The molecule has 4 rings (SSSR count). The molecule has 0 bridgehead atoms. The van der Waals surface area contributed by atoms with E-state index in [1.54, 1.807) is 19.1 Å². The SMILES string of the molecule is Cc1ccc(NC(=O)C(C)N2CCC(c3nnc4ccccn34)CC2)cc1F. The molecule has 1 aliphatic rings. The first-order chi connectivity index (χ1) is 13.5. The second-order valence-corrected chi connectivity index (χ2v) is 7.43.